The van der Waals surface area contributed by atoms with E-state index < -0.39 is 4.92 Å². The van der Waals surface area contributed by atoms with Crippen molar-refractivity contribution in [1.29, 1.82) is 0 Å². The van der Waals surface area contributed by atoms with Gasteiger partial charge in [0.1, 0.15) is 16.7 Å². The molecule has 1 atom stereocenters. The molecule has 2 aromatic carbocycles. The van der Waals surface area contributed by atoms with Crippen LogP contribution in [0.1, 0.15) is 24.0 Å². The monoisotopic (exact) mass is 490 g/mol. The highest BCUT2D eigenvalue weighted by Gasteiger charge is 2.34. The molecule has 2 heterocycles. The number of thiocarbonyl (C=S) groups is 1. The second-order valence-corrected chi connectivity index (χ2v) is 9.42. The number of hydrogen-bond acceptors (Lipinski definition) is 7. The van der Waals surface area contributed by atoms with Crippen molar-refractivity contribution >= 4 is 57.6 Å². The highest BCUT2D eigenvalue weighted by Crippen LogP contribution is 2.35. The van der Waals surface area contributed by atoms with E-state index in [1.807, 2.05) is 0 Å². The fourth-order valence-electron chi connectivity index (χ4n) is 3.45. The largest absolute Gasteiger partial charge is 0.487 e. The minimum atomic E-state index is -0.450. The highest BCUT2D eigenvalue weighted by molar-refractivity contribution is 8.26. The van der Waals surface area contributed by atoms with Gasteiger partial charge < -0.3 is 9.47 Å². The summed E-state index contributed by atoms with van der Waals surface area (Å²) < 4.78 is 11.9. The lowest BCUT2D eigenvalue weighted by Crippen LogP contribution is -2.35. The number of carbonyl (C=O) groups is 1. The van der Waals surface area contributed by atoms with Crippen LogP contribution in [-0.4, -0.2) is 39.3 Å². The van der Waals surface area contributed by atoms with E-state index >= 15 is 0 Å². The van der Waals surface area contributed by atoms with Crippen LogP contribution in [0.15, 0.2) is 47.4 Å². The molecule has 0 unspecified atom stereocenters. The van der Waals surface area contributed by atoms with E-state index in [2.05, 4.69) is 0 Å². The second kappa shape index (κ2) is 9.99. The normalized spacial score (nSPS) is 19.7. The van der Waals surface area contributed by atoms with Crippen LogP contribution in [-0.2, 0) is 16.1 Å². The number of nitro benzene ring substituents is 1. The molecule has 166 valence electrons. The van der Waals surface area contributed by atoms with Crippen molar-refractivity contribution in [3.05, 3.63) is 73.6 Å². The Balaban J connectivity index is 1.42. The van der Waals surface area contributed by atoms with Gasteiger partial charge >= 0.3 is 0 Å². The average Bonchev–Trinajstić information content (AvgIpc) is 3.37. The Morgan fingerprint density at radius 2 is 2.19 bits per heavy atom. The molecule has 0 aliphatic carbocycles. The summed E-state index contributed by atoms with van der Waals surface area (Å²) in [5, 5.41) is 11.3. The molecule has 0 radical (unpaired) electrons. The zero-order valence-corrected chi connectivity index (χ0v) is 19.3. The summed E-state index contributed by atoms with van der Waals surface area (Å²) in [7, 11) is 0. The first-order valence-electron chi connectivity index (χ1n) is 9.93. The molecular formula is C22H19ClN2O5S2. The number of ether oxygens (including phenoxy) is 2. The van der Waals surface area contributed by atoms with Crippen molar-refractivity contribution < 1.29 is 19.2 Å². The molecule has 2 aromatic rings. The van der Waals surface area contributed by atoms with E-state index in [0.29, 0.717) is 32.1 Å². The summed E-state index contributed by atoms with van der Waals surface area (Å²) in [5.74, 6) is 0.318. The number of carbonyl (C=O) groups excluding carboxylic acids is 1. The molecule has 2 fully saturated rings. The maximum Gasteiger partial charge on any atom is 0.269 e. The maximum absolute atomic E-state index is 12.8. The van der Waals surface area contributed by atoms with Crippen LogP contribution in [0.3, 0.4) is 0 Å². The van der Waals surface area contributed by atoms with E-state index in [1.165, 1.54) is 23.9 Å². The first-order valence-corrected chi connectivity index (χ1v) is 11.5. The van der Waals surface area contributed by atoms with E-state index in [0.717, 1.165) is 25.0 Å². The maximum atomic E-state index is 12.8. The summed E-state index contributed by atoms with van der Waals surface area (Å²) in [4.78, 5) is 25.4. The van der Waals surface area contributed by atoms with Gasteiger partial charge in [-0.2, -0.15) is 0 Å². The van der Waals surface area contributed by atoms with Gasteiger partial charge in [0, 0.05) is 18.7 Å². The summed E-state index contributed by atoms with van der Waals surface area (Å²) in [6.45, 7) is 1.35. The summed E-state index contributed by atoms with van der Waals surface area (Å²) in [6.07, 6.45) is 3.73. The first-order chi connectivity index (χ1) is 15.4. The first kappa shape index (κ1) is 22.7. The van der Waals surface area contributed by atoms with E-state index in [4.69, 9.17) is 33.3 Å². The van der Waals surface area contributed by atoms with Gasteiger partial charge in [0.2, 0.25) is 0 Å². The molecule has 0 bridgehead atoms. The Hall–Kier alpha value is -2.46. The van der Waals surface area contributed by atoms with Crippen molar-refractivity contribution in [3.8, 4) is 5.75 Å². The molecule has 0 aromatic heterocycles. The lowest BCUT2D eigenvalue weighted by atomic mass is 10.2. The van der Waals surface area contributed by atoms with Gasteiger partial charge in [-0.05, 0) is 42.2 Å². The van der Waals surface area contributed by atoms with Gasteiger partial charge in [-0.1, -0.05) is 53.8 Å². The topological polar surface area (TPSA) is 81.9 Å². The molecule has 2 aliphatic rings. The van der Waals surface area contributed by atoms with Crippen molar-refractivity contribution in [3.63, 3.8) is 0 Å². The molecule has 1 amide bonds. The minimum absolute atomic E-state index is 0.00403. The van der Waals surface area contributed by atoms with Crippen LogP contribution in [0.25, 0.3) is 6.08 Å². The number of amides is 1. The summed E-state index contributed by atoms with van der Waals surface area (Å²) in [6, 6.07) is 11.4. The molecule has 32 heavy (non-hydrogen) atoms. The standard InChI is InChI=1S/C22H19ClN2O5S2/c23-18-10-14(6-7-19(18)30-13-15-3-1-4-16(9-15)25(27)28)11-20-21(26)24(22(31)32-20)12-17-5-2-8-29-17/h1,3-4,6-7,9-11,17H,2,5,8,12-13H2/b20-11-/t17-/m0/s1. The van der Waals surface area contributed by atoms with Crippen molar-refractivity contribution in [2.75, 3.05) is 13.2 Å². The highest BCUT2D eigenvalue weighted by atomic mass is 35.5. The lowest BCUT2D eigenvalue weighted by molar-refractivity contribution is -0.384. The van der Waals surface area contributed by atoms with Crippen molar-refractivity contribution in [2.24, 2.45) is 0 Å². The quantitative estimate of drug-likeness (QED) is 0.228. The Morgan fingerprint density at radius 1 is 1.34 bits per heavy atom. The van der Waals surface area contributed by atoms with Gasteiger partial charge in [0.15, 0.2) is 0 Å². The molecule has 0 N–H and O–H groups in total. The molecule has 2 saturated heterocycles. The number of non-ortho nitro benzene ring substituents is 1. The third-order valence-electron chi connectivity index (χ3n) is 5.05. The molecule has 4 rings (SSSR count). The molecular weight excluding hydrogens is 472 g/mol. The number of rotatable bonds is 7. The van der Waals surface area contributed by atoms with Gasteiger partial charge in [-0.3, -0.25) is 19.8 Å². The SMILES string of the molecule is O=C1/C(=C/c2ccc(OCc3cccc([N+](=O)[O-])c3)c(Cl)c2)SC(=S)N1C[C@@H]1CCCO1. The zero-order valence-electron chi connectivity index (χ0n) is 16.9. The Morgan fingerprint density at radius 3 is 2.91 bits per heavy atom. The van der Waals surface area contributed by atoms with Crippen molar-refractivity contribution in [2.45, 2.75) is 25.6 Å². The van der Waals surface area contributed by atoms with Crippen LogP contribution in [0.4, 0.5) is 5.69 Å². The van der Waals surface area contributed by atoms with Gasteiger partial charge in [0.25, 0.3) is 11.6 Å². The van der Waals surface area contributed by atoms with Crippen LogP contribution < -0.4 is 4.74 Å². The van der Waals surface area contributed by atoms with Gasteiger partial charge in [0.05, 0.1) is 27.5 Å². The third kappa shape index (κ3) is 5.29. The number of hydrogen-bond donors (Lipinski definition) is 0. The lowest BCUT2D eigenvalue weighted by Gasteiger charge is -2.18. The van der Waals surface area contributed by atoms with Gasteiger partial charge in [-0.15, -0.1) is 0 Å². The average molecular weight is 491 g/mol. The number of halogens is 1. The van der Waals surface area contributed by atoms with E-state index in [1.54, 1.807) is 41.3 Å². The minimum Gasteiger partial charge on any atom is -0.487 e. The smallest absolute Gasteiger partial charge is 0.269 e. The van der Waals surface area contributed by atoms with E-state index in [-0.39, 0.29) is 24.3 Å². The summed E-state index contributed by atoms with van der Waals surface area (Å²) >= 11 is 13.0. The van der Waals surface area contributed by atoms with Crippen molar-refractivity contribution in [1.82, 2.24) is 4.90 Å². The second-order valence-electron chi connectivity index (χ2n) is 7.33. The third-order valence-corrected chi connectivity index (χ3v) is 6.73. The Labute approximate surface area is 199 Å². The Bertz CT molecular complexity index is 1100. The van der Waals surface area contributed by atoms with Crippen LogP contribution in [0.2, 0.25) is 5.02 Å². The number of benzene rings is 2. The number of nitrogens with zero attached hydrogens (tertiary/aromatic N) is 2. The number of thioether (sulfide) groups is 1. The van der Waals surface area contributed by atoms with Gasteiger partial charge in [-0.25, -0.2) is 0 Å². The summed E-state index contributed by atoms with van der Waals surface area (Å²) in [5.41, 5.74) is 1.41. The zero-order chi connectivity index (χ0) is 22.7. The molecule has 7 nitrogen and oxygen atoms in total. The molecule has 10 heteroatoms. The van der Waals surface area contributed by atoms with Crippen LogP contribution in [0, 0.1) is 10.1 Å². The van der Waals surface area contributed by atoms with E-state index in [9.17, 15) is 14.9 Å². The number of nitro groups is 1. The Kier molecular flexibility index (Phi) is 7.10. The predicted molar refractivity (Wildman–Crippen MR) is 128 cm³/mol. The molecule has 2 aliphatic heterocycles. The van der Waals surface area contributed by atoms with Crippen LogP contribution >= 0.6 is 35.6 Å². The molecule has 0 saturated carbocycles. The predicted octanol–water partition coefficient (Wildman–Crippen LogP) is 5.21. The molecule has 0 spiro atoms. The fourth-order valence-corrected chi connectivity index (χ4v) is 4.96. The van der Waals surface area contributed by atoms with Crippen LogP contribution in [0.5, 0.6) is 5.75 Å². The fraction of sp³-hybridized carbons (Fsp3) is 0.273.